The zero-order valence-electron chi connectivity index (χ0n) is 15.0. The maximum atomic E-state index is 12.9. The molecule has 0 aliphatic heterocycles. The van der Waals surface area contributed by atoms with Crippen LogP contribution in [0.25, 0.3) is 0 Å². The number of ketones is 1. The lowest BCUT2D eigenvalue weighted by Gasteiger charge is -2.15. The van der Waals surface area contributed by atoms with E-state index in [2.05, 4.69) is 5.16 Å². The summed E-state index contributed by atoms with van der Waals surface area (Å²) in [5.74, 6) is -0.742. The molecule has 0 bridgehead atoms. The van der Waals surface area contributed by atoms with Gasteiger partial charge in [-0.15, -0.1) is 0 Å². The number of rotatable bonds is 6. The van der Waals surface area contributed by atoms with Crippen molar-refractivity contribution in [2.45, 2.75) is 43.6 Å². The smallest absolute Gasteiger partial charge is 0.341 e. The molecular weight excluding hydrogens is 394 g/mol. The van der Waals surface area contributed by atoms with E-state index >= 15 is 0 Å². The van der Waals surface area contributed by atoms with Crippen molar-refractivity contribution in [3.05, 3.63) is 45.8 Å². The lowest BCUT2D eigenvalue weighted by atomic mass is 10.0. The first kappa shape index (κ1) is 19.6. The molecule has 3 rings (SSSR count). The molecule has 0 saturated heterocycles. The Hall–Kier alpha value is -2.19. The molecular formula is C18H18ClNO6S. The van der Waals surface area contributed by atoms with Gasteiger partial charge in [0.15, 0.2) is 15.5 Å². The third kappa shape index (κ3) is 4.06. The van der Waals surface area contributed by atoms with Crippen LogP contribution in [0.5, 0.6) is 0 Å². The van der Waals surface area contributed by atoms with Gasteiger partial charge >= 0.3 is 5.97 Å². The van der Waals surface area contributed by atoms with E-state index in [0.29, 0.717) is 5.76 Å². The van der Waals surface area contributed by atoms with Gasteiger partial charge in [0.25, 0.3) is 0 Å². The van der Waals surface area contributed by atoms with E-state index in [1.165, 1.54) is 18.2 Å². The number of carbonyl (C=O) groups excluding carboxylic acids is 2. The predicted octanol–water partition coefficient (Wildman–Crippen LogP) is 3.41. The molecule has 1 aromatic carbocycles. The molecule has 2 aromatic rings. The second-order valence-corrected chi connectivity index (χ2v) is 9.10. The minimum absolute atomic E-state index is 0.0210. The van der Waals surface area contributed by atoms with Crippen LogP contribution in [0.3, 0.4) is 0 Å². The number of hydrogen-bond acceptors (Lipinski definition) is 7. The van der Waals surface area contributed by atoms with Crippen LogP contribution in [0.4, 0.5) is 0 Å². The fourth-order valence-corrected chi connectivity index (χ4v) is 4.10. The number of sulfone groups is 1. The molecule has 27 heavy (non-hydrogen) atoms. The first-order valence-electron chi connectivity index (χ1n) is 8.34. The summed E-state index contributed by atoms with van der Waals surface area (Å²) >= 11 is 6.08. The second-order valence-electron chi connectivity index (χ2n) is 6.74. The van der Waals surface area contributed by atoms with Crippen molar-refractivity contribution < 1.29 is 27.3 Å². The topological polar surface area (TPSA) is 104 Å². The van der Waals surface area contributed by atoms with Crippen LogP contribution in [0.15, 0.2) is 27.6 Å². The van der Waals surface area contributed by atoms with Crippen molar-refractivity contribution >= 4 is 33.2 Å². The molecule has 0 spiro atoms. The average Bonchev–Trinajstić information content (AvgIpc) is 3.29. The lowest BCUT2D eigenvalue weighted by molar-refractivity contribution is 0.0373. The Labute approximate surface area is 161 Å². The summed E-state index contributed by atoms with van der Waals surface area (Å²) < 4.78 is 35.1. The monoisotopic (exact) mass is 411 g/mol. The van der Waals surface area contributed by atoms with E-state index in [1.807, 2.05) is 0 Å². The Bertz CT molecular complexity index is 1020. The van der Waals surface area contributed by atoms with Crippen LogP contribution in [0.2, 0.25) is 5.02 Å². The quantitative estimate of drug-likeness (QED) is 0.529. The van der Waals surface area contributed by atoms with E-state index in [1.54, 1.807) is 13.8 Å². The molecule has 9 heteroatoms. The van der Waals surface area contributed by atoms with Crippen molar-refractivity contribution in [2.24, 2.45) is 0 Å². The fourth-order valence-electron chi connectivity index (χ4n) is 2.68. The molecule has 0 N–H and O–H groups in total. The van der Waals surface area contributed by atoms with E-state index in [4.69, 9.17) is 20.9 Å². The van der Waals surface area contributed by atoms with Gasteiger partial charge in [-0.3, -0.25) is 4.79 Å². The highest BCUT2D eigenvalue weighted by Crippen LogP contribution is 2.40. The summed E-state index contributed by atoms with van der Waals surface area (Å²) in [4.78, 5) is 24.9. The Morgan fingerprint density at radius 2 is 1.96 bits per heavy atom. The van der Waals surface area contributed by atoms with Gasteiger partial charge in [-0.1, -0.05) is 16.8 Å². The highest BCUT2D eigenvalue weighted by atomic mass is 35.5. The number of hydrogen-bond donors (Lipinski definition) is 0. The molecule has 1 aliphatic carbocycles. The molecule has 1 saturated carbocycles. The van der Waals surface area contributed by atoms with Crippen LogP contribution in [0, 0.1) is 0 Å². The molecule has 144 valence electrons. The highest BCUT2D eigenvalue weighted by molar-refractivity contribution is 7.90. The maximum absolute atomic E-state index is 12.9. The largest absolute Gasteiger partial charge is 0.459 e. The van der Waals surface area contributed by atoms with E-state index in [9.17, 15) is 18.0 Å². The molecule has 1 aliphatic rings. The summed E-state index contributed by atoms with van der Waals surface area (Å²) in [6.45, 7) is 3.24. The number of benzene rings is 1. The summed E-state index contributed by atoms with van der Waals surface area (Å²) in [5, 5.41) is 3.64. The van der Waals surface area contributed by atoms with Gasteiger partial charge < -0.3 is 9.26 Å². The van der Waals surface area contributed by atoms with E-state index in [-0.39, 0.29) is 27.8 Å². The molecule has 0 atom stereocenters. The number of carbonyl (C=O) groups is 2. The average molecular weight is 412 g/mol. The summed E-state index contributed by atoms with van der Waals surface area (Å²) in [5.41, 5.74) is -0.579. The van der Waals surface area contributed by atoms with Crippen molar-refractivity contribution in [1.82, 2.24) is 5.16 Å². The Morgan fingerprint density at radius 1 is 1.30 bits per heavy atom. The highest BCUT2D eigenvalue weighted by Gasteiger charge is 2.33. The van der Waals surface area contributed by atoms with Crippen molar-refractivity contribution in [3.63, 3.8) is 0 Å². The Kier molecular flexibility index (Phi) is 5.14. The molecule has 1 fully saturated rings. The number of halogens is 1. The van der Waals surface area contributed by atoms with E-state index < -0.39 is 32.6 Å². The number of nitrogens with zero attached hydrogens (tertiary/aromatic N) is 1. The number of esters is 1. The lowest BCUT2D eigenvalue weighted by Crippen LogP contribution is -2.19. The molecule has 7 nitrogen and oxygen atoms in total. The maximum Gasteiger partial charge on any atom is 0.341 e. The van der Waals surface area contributed by atoms with Crippen molar-refractivity contribution in [1.29, 1.82) is 0 Å². The summed E-state index contributed by atoms with van der Waals surface area (Å²) in [7, 11) is -3.98. The van der Waals surface area contributed by atoms with Crippen molar-refractivity contribution in [3.8, 4) is 0 Å². The van der Waals surface area contributed by atoms with Crippen molar-refractivity contribution in [2.75, 3.05) is 6.26 Å². The first-order chi connectivity index (χ1) is 12.6. The predicted molar refractivity (Wildman–Crippen MR) is 97.0 cm³/mol. The standard InChI is InChI=1S/C18H18ClNO6S/c1-9(2)25-18(22)15-12(19)7-6-11(17(15)27(3,23)24)16(21)13-8-14(26-20-13)10-4-5-10/h6-10H,4-5H2,1-3H3. The van der Waals surface area contributed by atoms with Gasteiger partial charge in [-0.2, -0.15) is 0 Å². The fraction of sp³-hybridized carbons (Fsp3) is 0.389. The molecule has 0 amide bonds. The zero-order valence-corrected chi connectivity index (χ0v) is 16.6. The number of ether oxygens (including phenoxy) is 1. The Balaban J connectivity index is 2.14. The minimum Gasteiger partial charge on any atom is -0.459 e. The summed E-state index contributed by atoms with van der Waals surface area (Å²) in [6, 6.07) is 4.06. The van der Waals surface area contributed by atoms with Gasteiger partial charge in [-0.25, -0.2) is 13.2 Å². The normalized spacial score (nSPS) is 14.4. The second kappa shape index (κ2) is 7.09. The third-order valence-electron chi connectivity index (χ3n) is 4.01. The SMILES string of the molecule is CC(C)OC(=O)c1c(Cl)ccc(C(=O)c2cc(C3CC3)on2)c1S(C)(=O)=O. The minimum atomic E-state index is -3.98. The van der Waals surface area contributed by atoms with Gasteiger partial charge in [-0.05, 0) is 38.8 Å². The van der Waals surface area contributed by atoms with Gasteiger partial charge in [0.1, 0.15) is 5.76 Å². The molecule has 0 radical (unpaired) electrons. The van der Waals surface area contributed by atoms with Gasteiger partial charge in [0.2, 0.25) is 5.78 Å². The van der Waals surface area contributed by atoms with Crippen LogP contribution in [-0.2, 0) is 14.6 Å². The van der Waals surface area contributed by atoms with Crippen LogP contribution in [-0.4, -0.2) is 37.7 Å². The first-order valence-corrected chi connectivity index (χ1v) is 10.6. The zero-order chi connectivity index (χ0) is 19.9. The van der Waals surface area contributed by atoms with Gasteiger partial charge in [0.05, 0.1) is 21.6 Å². The molecule has 0 unspecified atom stereocenters. The van der Waals surface area contributed by atoms with Crippen LogP contribution in [0.1, 0.15) is 64.8 Å². The molecule has 1 heterocycles. The van der Waals surface area contributed by atoms with Crippen LogP contribution < -0.4 is 0 Å². The van der Waals surface area contributed by atoms with Crippen LogP contribution >= 0.6 is 11.6 Å². The Morgan fingerprint density at radius 3 is 2.52 bits per heavy atom. The van der Waals surface area contributed by atoms with Gasteiger partial charge in [0, 0.05) is 23.8 Å². The number of aromatic nitrogens is 1. The third-order valence-corrected chi connectivity index (χ3v) is 5.49. The molecule has 1 aromatic heterocycles. The van der Waals surface area contributed by atoms with E-state index in [0.717, 1.165) is 19.1 Å². The summed E-state index contributed by atoms with van der Waals surface area (Å²) in [6.07, 6.45) is 2.34.